The van der Waals surface area contributed by atoms with Crippen molar-refractivity contribution in [2.45, 2.75) is 58.0 Å². The van der Waals surface area contributed by atoms with Crippen LogP contribution in [0, 0.1) is 11.8 Å². The molecule has 2 atom stereocenters. The maximum Gasteiger partial charge on any atom is 0.308 e. The molecule has 0 bridgehead atoms. The summed E-state index contributed by atoms with van der Waals surface area (Å²) >= 11 is 0. The van der Waals surface area contributed by atoms with E-state index in [1.807, 2.05) is 72.8 Å². The molecule has 7 heteroatoms. The van der Waals surface area contributed by atoms with Crippen molar-refractivity contribution in [2.24, 2.45) is 11.8 Å². The molecule has 1 amide bonds. The number of piperazine rings is 1. The highest BCUT2D eigenvalue weighted by molar-refractivity contribution is 6.09. The third-order valence-corrected chi connectivity index (χ3v) is 9.98. The van der Waals surface area contributed by atoms with Crippen molar-refractivity contribution in [1.82, 2.24) is 20.1 Å². The van der Waals surface area contributed by atoms with Crippen LogP contribution in [0.4, 0.5) is 0 Å². The van der Waals surface area contributed by atoms with Gasteiger partial charge in [0.25, 0.3) is 5.91 Å². The Morgan fingerprint density at radius 3 is 2.17 bits per heavy atom. The van der Waals surface area contributed by atoms with Crippen molar-refractivity contribution in [3.63, 3.8) is 0 Å². The molecular weight excluding hydrogens is 572 g/mol. The minimum atomic E-state index is -0.751. The number of pyridine rings is 1. The molecule has 2 heterocycles. The molecule has 1 aliphatic carbocycles. The lowest BCUT2D eigenvalue weighted by molar-refractivity contribution is -0.142. The van der Waals surface area contributed by atoms with E-state index in [4.69, 9.17) is 4.98 Å². The van der Waals surface area contributed by atoms with Gasteiger partial charge in [0.05, 0.1) is 22.7 Å². The first-order valence-electron chi connectivity index (χ1n) is 17.0. The van der Waals surface area contributed by atoms with Gasteiger partial charge in [-0.05, 0) is 43.7 Å². The first-order chi connectivity index (χ1) is 22.5. The van der Waals surface area contributed by atoms with E-state index in [0.717, 1.165) is 65.0 Å². The van der Waals surface area contributed by atoms with Crippen LogP contribution in [0.3, 0.4) is 0 Å². The van der Waals surface area contributed by atoms with Crippen LogP contribution >= 0.6 is 0 Å². The Bertz CT molecular complexity index is 1610. The van der Waals surface area contributed by atoms with Crippen molar-refractivity contribution >= 4 is 22.8 Å². The van der Waals surface area contributed by atoms with Gasteiger partial charge in [-0.3, -0.25) is 19.4 Å². The van der Waals surface area contributed by atoms with Crippen molar-refractivity contribution in [1.29, 1.82) is 0 Å². The molecular formula is C39H46N4O3. The molecule has 7 nitrogen and oxygen atoms in total. The first-order valence-corrected chi connectivity index (χ1v) is 17.0. The molecule has 4 aromatic rings. The van der Waals surface area contributed by atoms with Gasteiger partial charge in [0.1, 0.15) is 0 Å². The monoisotopic (exact) mass is 618 g/mol. The number of aromatic nitrogens is 1. The second-order valence-electron chi connectivity index (χ2n) is 13.2. The number of carboxylic acids is 1. The van der Waals surface area contributed by atoms with E-state index in [9.17, 15) is 14.7 Å². The van der Waals surface area contributed by atoms with Gasteiger partial charge in [-0.15, -0.1) is 0 Å². The smallest absolute Gasteiger partial charge is 0.308 e. The molecule has 0 radical (unpaired) electrons. The first kappa shape index (κ1) is 31.9. The van der Waals surface area contributed by atoms with Crippen LogP contribution in [0.1, 0.15) is 60.5 Å². The van der Waals surface area contributed by atoms with Crippen LogP contribution in [0.2, 0.25) is 0 Å². The molecule has 2 N–H and O–H groups in total. The van der Waals surface area contributed by atoms with E-state index >= 15 is 0 Å². The molecule has 1 saturated carbocycles. The van der Waals surface area contributed by atoms with Crippen LogP contribution in [0.15, 0.2) is 84.9 Å². The fraction of sp³-hybridized carbons (Fsp3) is 0.410. The number of nitrogens with one attached hydrogen (secondary N) is 1. The maximum absolute atomic E-state index is 14.3. The van der Waals surface area contributed by atoms with Gasteiger partial charge >= 0.3 is 5.97 Å². The van der Waals surface area contributed by atoms with Gasteiger partial charge in [-0.1, -0.05) is 98.1 Å². The van der Waals surface area contributed by atoms with Gasteiger partial charge in [0.15, 0.2) is 0 Å². The summed E-state index contributed by atoms with van der Waals surface area (Å²) in [5, 5.41) is 14.3. The van der Waals surface area contributed by atoms with E-state index in [-0.39, 0.29) is 11.9 Å². The Kier molecular flexibility index (Phi) is 10.4. The minimum Gasteiger partial charge on any atom is -0.481 e. The summed E-state index contributed by atoms with van der Waals surface area (Å²) in [6, 6.07) is 28.2. The summed E-state index contributed by atoms with van der Waals surface area (Å²) in [5.74, 6) is -0.718. The van der Waals surface area contributed by atoms with Gasteiger partial charge in [-0.2, -0.15) is 0 Å². The van der Waals surface area contributed by atoms with Crippen LogP contribution < -0.4 is 5.32 Å². The quantitative estimate of drug-likeness (QED) is 0.196. The van der Waals surface area contributed by atoms with E-state index in [1.54, 1.807) is 0 Å². The molecule has 240 valence electrons. The lowest BCUT2D eigenvalue weighted by Gasteiger charge is -2.36. The molecule has 46 heavy (non-hydrogen) atoms. The number of rotatable bonds is 11. The van der Waals surface area contributed by atoms with E-state index in [2.05, 4.69) is 34.2 Å². The number of aliphatic carboxylic acids is 1. The number of hydrogen-bond donors (Lipinski definition) is 2. The Hall–Kier alpha value is -4.07. The third-order valence-electron chi connectivity index (χ3n) is 9.98. The molecule has 6 rings (SSSR count). The van der Waals surface area contributed by atoms with E-state index in [0.29, 0.717) is 25.4 Å². The number of para-hydroxylation sites is 1. The summed E-state index contributed by atoms with van der Waals surface area (Å²) in [6.07, 6.45) is 6.61. The Morgan fingerprint density at radius 2 is 1.48 bits per heavy atom. The van der Waals surface area contributed by atoms with E-state index < -0.39 is 11.9 Å². The Labute approximate surface area is 272 Å². The molecule has 1 saturated heterocycles. The van der Waals surface area contributed by atoms with Crippen LogP contribution in [0.25, 0.3) is 22.2 Å². The number of fused-ring (bicyclic) bond motifs is 1. The van der Waals surface area contributed by atoms with Gasteiger partial charge in [0, 0.05) is 61.8 Å². The summed E-state index contributed by atoms with van der Waals surface area (Å²) in [5.41, 5.74) is 5.41. The second-order valence-corrected chi connectivity index (χ2v) is 13.2. The average Bonchev–Trinajstić information content (AvgIpc) is 3.09. The number of carboxylic acid groups (broad SMARTS) is 1. The predicted molar refractivity (Wildman–Crippen MR) is 184 cm³/mol. The lowest BCUT2D eigenvalue weighted by atomic mass is 9.84. The molecule has 3 aromatic carbocycles. The standard InChI is InChI=1S/C39H46N4O3/c1-28(30-15-7-3-8-16-30)40-38(44)36-33-19-11-12-20-35(33)41-37(31-17-9-4-10-18-31)34(36)27-43-23-21-42(22-24-43)26-32(39(45)46)25-29-13-5-2-6-14-29/h2,4-6,9-14,17-20,28,30,32H,3,7-8,15-16,21-27H2,1H3,(H,40,44)(H,45,46)/t28-,32?/m0/s1. The highest BCUT2D eigenvalue weighted by atomic mass is 16.4. The summed E-state index contributed by atoms with van der Waals surface area (Å²) in [4.78, 5) is 36.3. The van der Waals surface area contributed by atoms with Crippen molar-refractivity contribution < 1.29 is 14.7 Å². The number of amides is 1. The molecule has 1 unspecified atom stereocenters. The number of nitrogens with zero attached hydrogens (tertiary/aromatic N) is 3. The fourth-order valence-electron chi connectivity index (χ4n) is 7.32. The SMILES string of the molecule is C[C@H](NC(=O)c1c(CN2CCN(CC(Cc3ccccc3)C(=O)O)CC2)c(-c2ccccc2)nc2ccccc12)C1CCCCC1. The van der Waals surface area contributed by atoms with Crippen molar-refractivity contribution in [3.8, 4) is 11.3 Å². The van der Waals surface area contributed by atoms with Gasteiger partial charge < -0.3 is 10.4 Å². The molecule has 0 spiro atoms. The number of carbonyl (C=O) groups excluding carboxylic acids is 1. The minimum absolute atomic E-state index is 0.0206. The summed E-state index contributed by atoms with van der Waals surface area (Å²) in [6.45, 7) is 6.42. The highest BCUT2D eigenvalue weighted by Gasteiger charge is 2.29. The van der Waals surface area contributed by atoms with E-state index in [1.165, 1.54) is 32.1 Å². The van der Waals surface area contributed by atoms with Crippen molar-refractivity contribution in [3.05, 3.63) is 102 Å². The predicted octanol–water partition coefficient (Wildman–Crippen LogP) is 6.66. The summed E-state index contributed by atoms with van der Waals surface area (Å²) in [7, 11) is 0. The zero-order valence-corrected chi connectivity index (χ0v) is 26.9. The number of benzene rings is 3. The molecule has 1 aliphatic heterocycles. The van der Waals surface area contributed by atoms with Gasteiger partial charge in [-0.25, -0.2) is 4.98 Å². The largest absolute Gasteiger partial charge is 0.481 e. The van der Waals surface area contributed by atoms with Crippen LogP contribution in [-0.4, -0.2) is 70.5 Å². The van der Waals surface area contributed by atoms with Crippen LogP contribution in [0.5, 0.6) is 0 Å². The zero-order chi connectivity index (χ0) is 31.9. The second kappa shape index (κ2) is 15.0. The normalized spacial score (nSPS) is 17.8. The average molecular weight is 619 g/mol. The van der Waals surface area contributed by atoms with Crippen molar-refractivity contribution in [2.75, 3.05) is 32.7 Å². The maximum atomic E-state index is 14.3. The molecule has 2 fully saturated rings. The highest BCUT2D eigenvalue weighted by Crippen LogP contribution is 2.33. The topological polar surface area (TPSA) is 85.8 Å². The number of hydrogen-bond acceptors (Lipinski definition) is 5. The van der Waals surface area contributed by atoms with Gasteiger partial charge in [0.2, 0.25) is 0 Å². The Morgan fingerprint density at radius 1 is 0.848 bits per heavy atom. The van der Waals surface area contributed by atoms with Crippen LogP contribution in [-0.2, 0) is 17.8 Å². The lowest BCUT2D eigenvalue weighted by Crippen LogP contribution is -2.48. The Balaban J connectivity index is 1.25. The molecule has 1 aromatic heterocycles. The fourth-order valence-corrected chi connectivity index (χ4v) is 7.32. The third kappa shape index (κ3) is 7.65. The number of carbonyl (C=O) groups is 2. The molecule has 2 aliphatic rings. The summed E-state index contributed by atoms with van der Waals surface area (Å²) < 4.78 is 0. The zero-order valence-electron chi connectivity index (χ0n) is 26.9.